The van der Waals surface area contributed by atoms with Crippen molar-refractivity contribution in [2.24, 2.45) is 0 Å². The van der Waals surface area contributed by atoms with Crippen molar-refractivity contribution in [1.82, 2.24) is 0 Å². The van der Waals surface area contributed by atoms with E-state index in [9.17, 15) is 4.39 Å². The summed E-state index contributed by atoms with van der Waals surface area (Å²) in [6, 6.07) is 5.32. The third-order valence-corrected chi connectivity index (χ3v) is 3.80. The molecule has 12 heavy (non-hydrogen) atoms. The highest BCUT2D eigenvalue weighted by atomic mass is 127. The van der Waals surface area contributed by atoms with Crippen LogP contribution < -0.4 is 0 Å². The molecule has 0 fully saturated rings. The molecule has 1 nitrogen and oxygen atoms in total. The Morgan fingerprint density at radius 2 is 2.25 bits per heavy atom. The lowest BCUT2D eigenvalue weighted by Crippen LogP contribution is -1.91. The molecular weight excluding hydrogens is 336 g/mol. The molecule has 0 saturated carbocycles. The highest BCUT2D eigenvalue weighted by Gasteiger charge is 2.08. The number of nitriles is 1. The van der Waals surface area contributed by atoms with E-state index in [0.717, 1.165) is 3.57 Å². The van der Waals surface area contributed by atoms with Gasteiger partial charge in [0.05, 0.1) is 17.0 Å². The van der Waals surface area contributed by atoms with Crippen molar-refractivity contribution in [3.63, 3.8) is 0 Å². The number of nitrogens with zero attached hydrogens (tertiary/aromatic N) is 1. The molecule has 0 radical (unpaired) electrons. The Morgan fingerprint density at radius 3 is 2.83 bits per heavy atom. The summed E-state index contributed by atoms with van der Waals surface area (Å²) in [6.07, 6.45) is 0.112. The summed E-state index contributed by atoms with van der Waals surface area (Å²) < 4.78 is 14.5. The topological polar surface area (TPSA) is 23.8 Å². The third kappa shape index (κ3) is 1.96. The number of hydrogen-bond acceptors (Lipinski definition) is 1. The minimum atomic E-state index is -0.330. The van der Waals surface area contributed by atoms with Crippen molar-refractivity contribution in [1.29, 1.82) is 5.26 Å². The molecule has 1 aromatic rings. The predicted octanol–water partition coefficient (Wildman–Crippen LogP) is 3.26. The highest BCUT2D eigenvalue weighted by Crippen LogP contribution is 2.25. The summed E-state index contributed by atoms with van der Waals surface area (Å²) in [5.74, 6) is -0.330. The van der Waals surface area contributed by atoms with Gasteiger partial charge in [0.15, 0.2) is 0 Å². The van der Waals surface area contributed by atoms with Gasteiger partial charge in [0.2, 0.25) is 0 Å². The Balaban J connectivity index is 3.19. The Morgan fingerprint density at radius 1 is 1.58 bits per heavy atom. The zero-order chi connectivity index (χ0) is 9.14. The summed E-state index contributed by atoms with van der Waals surface area (Å²) in [6.45, 7) is 0. The van der Waals surface area contributed by atoms with Crippen LogP contribution in [0.1, 0.15) is 5.56 Å². The average molecular weight is 340 g/mol. The second-order valence-electron chi connectivity index (χ2n) is 2.17. The summed E-state index contributed by atoms with van der Waals surface area (Å²) in [5, 5.41) is 8.37. The molecule has 0 heterocycles. The first-order valence-electron chi connectivity index (χ1n) is 3.16. The fourth-order valence-corrected chi connectivity index (χ4v) is 1.59. The fourth-order valence-electron chi connectivity index (χ4n) is 0.788. The van der Waals surface area contributed by atoms with Crippen LogP contribution in [-0.4, -0.2) is 0 Å². The fraction of sp³-hybridized carbons (Fsp3) is 0.125. The molecule has 0 aliphatic rings. The Hall–Kier alpha value is -0.150. The maximum Gasteiger partial charge on any atom is 0.142 e. The van der Waals surface area contributed by atoms with E-state index in [4.69, 9.17) is 5.26 Å². The van der Waals surface area contributed by atoms with E-state index in [-0.39, 0.29) is 12.2 Å². The quantitative estimate of drug-likeness (QED) is 0.569. The van der Waals surface area contributed by atoms with Crippen LogP contribution in [0.15, 0.2) is 16.6 Å². The van der Waals surface area contributed by atoms with Gasteiger partial charge in [0, 0.05) is 9.13 Å². The van der Waals surface area contributed by atoms with E-state index < -0.39 is 0 Å². The summed E-state index contributed by atoms with van der Waals surface area (Å²) >= 11 is 5.13. The van der Waals surface area contributed by atoms with E-state index in [2.05, 4.69) is 15.9 Å². The zero-order valence-corrected chi connectivity index (χ0v) is 9.69. The normalized spacial score (nSPS) is 9.50. The molecule has 1 rings (SSSR count). The van der Waals surface area contributed by atoms with Gasteiger partial charge in [0.1, 0.15) is 5.82 Å². The Kier molecular flexibility index (Phi) is 3.47. The van der Waals surface area contributed by atoms with Gasteiger partial charge in [-0.15, -0.1) is 0 Å². The lowest BCUT2D eigenvalue weighted by Gasteiger charge is -2.01. The largest absolute Gasteiger partial charge is 0.205 e. The summed E-state index contributed by atoms with van der Waals surface area (Å²) in [7, 11) is 0. The van der Waals surface area contributed by atoms with E-state index in [1.165, 1.54) is 0 Å². The Labute approximate surface area is 91.8 Å². The molecule has 0 saturated heterocycles. The lowest BCUT2D eigenvalue weighted by atomic mass is 10.1. The van der Waals surface area contributed by atoms with Crippen molar-refractivity contribution < 1.29 is 4.39 Å². The standard InChI is InChI=1S/C8H4BrFIN/c9-7-6(11)2-1-5(3-4-12)8(7)10/h1-2H,3H2. The van der Waals surface area contributed by atoms with Crippen LogP contribution in [0, 0.1) is 20.7 Å². The molecule has 0 N–H and O–H groups in total. The van der Waals surface area contributed by atoms with Crippen LogP contribution in [0.4, 0.5) is 4.39 Å². The maximum atomic E-state index is 13.2. The molecule has 0 atom stereocenters. The average Bonchev–Trinajstić information content (AvgIpc) is 2.07. The summed E-state index contributed by atoms with van der Waals surface area (Å²) in [4.78, 5) is 0. The monoisotopic (exact) mass is 339 g/mol. The van der Waals surface area contributed by atoms with Crippen LogP contribution in [0.5, 0.6) is 0 Å². The van der Waals surface area contributed by atoms with Gasteiger partial charge >= 0.3 is 0 Å². The van der Waals surface area contributed by atoms with Gasteiger partial charge in [-0.1, -0.05) is 6.07 Å². The molecular formula is C8H4BrFIN. The van der Waals surface area contributed by atoms with E-state index in [1.54, 1.807) is 12.1 Å². The van der Waals surface area contributed by atoms with Crippen molar-refractivity contribution >= 4 is 38.5 Å². The first-order chi connectivity index (χ1) is 5.66. The van der Waals surface area contributed by atoms with Gasteiger partial charge in [0.25, 0.3) is 0 Å². The maximum absolute atomic E-state index is 13.2. The van der Waals surface area contributed by atoms with Crippen molar-refractivity contribution in [2.75, 3.05) is 0 Å². The summed E-state index contributed by atoms with van der Waals surface area (Å²) in [5.41, 5.74) is 0.435. The van der Waals surface area contributed by atoms with Crippen molar-refractivity contribution in [2.45, 2.75) is 6.42 Å². The van der Waals surface area contributed by atoms with E-state index in [0.29, 0.717) is 10.0 Å². The van der Waals surface area contributed by atoms with Crippen LogP contribution in [0.25, 0.3) is 0 Å². The highest BCUT2D eigenvalue weighted by molar-refractivity contribution is 14.1. The lowest BCUT2D eigenvalue weighted by molar-refractivity contribution is 0.607. The zero-order valence-electron chi connectivity index (χ0n) is 5.94. The molecule has 0 unspecified atom stereocenters. The smallest absolute Gasteiger partial charge is 0.142 e. The van der Waals surface area contributed by atoms with Crippen molar-refractivity contribution in [3.8, 4) is 6.07 Å². The van der Waals surface area contributed by atoms with Gasteiger partial charge in [-0.25, -0.2) is 4.39 Å². The second-order valence-corrected chi connectivity index (χ2v) is 4.12. The van der Waals surface area contributed by atoms with E-state index >= 15 is 0 Å². The molecule has 4 heteroatoms. The number of halogens is 3. The number of benzene rings is 1. The van der Waals surface area contributed by atoms with Gasteiger partial charge in [-0.05, 0) is 44.6 Å². The van der Waals surface area contributed by atoms with E-state index in [1.807, 2.05) is 28.7 Å². The first-order valence-corrected chi connectivity index (χ1v) is 5.03. The molecule has 0 aromatic heterocycles. The molecule has 0 aliphatic carbocycles. The van der Waals surface area contributed by atoms with Crippen LogP contribution in [0.2, 0.25) is 0 Å². The molecule has 62 valence electrons. The van der Waals surface area contributed by atoms with Crippen LogP contribution in [0.3, 0.4) is 0 Å². The SMILES string of the molecule is N#CCc1ccc(I)c(Br)c1F. The minimum Gasteiger partial charge on any atom is -0.205 e. The van der Waals surface area contributed by atoms with Gasteiger partial charge in [-0.3, -0.25) is 0 Å². The van der Waals surface area contributed by atoms with Crippen molar-refractivity contribution in [3.05, 3.63) is 31.6 Å². The van der Waals surface area contributed by atoms with Crippen LogP contribution in [-0.2, 0) is 6.42 Å². The second kappa shape index (κ2) is 4.19. The molecule has 0 aliphatic heterocycles. The van der Waals surface area contributed by atoms with Gasteiger partial charge < -0.3 is 0 Å². The number of rotatable bonds is 1. The van der Waals surface area contributed by atoms with Crippen LogP contribution >= 0.6 is 38.5 Å². The third-order valence-electron chi connectivity index (χ3n) is 1.38. The minimum absolute atomic E-state index is 0.112. The molecule has 0 spiro atoms. The first kappa shape index (κ1) is 9.93. The molecule has 1 aromatic carbocycles. The van der Waals surface area contributed by atoms with Gasteiger partial charge in [-0.2, -0.15) is 5.26 Å². The predicted molar refractivity (Wildman–Crippen MR) is 56.1 cm³/mol. The number of hydrogen-bond donors (Lipinski definition) is 0. The molecule has 0 bridgehead atoms. The Bertz CT molecular complexity index is 346. The molecule has 0 amide bonds.